The lowest BCUT2D eigenvalue weighted by Crippen LogP contribution is -2.15. The van der Waals surface area contributed by atoms with E-state index in [4.69, 9.17) is 10.3 Å². The maximum Gasteiger partial charge on any atom is 0.168 e. The van der Waals surface area contributed by atoms with E-state index < -0.39 is 0 Å². The quantitative estimate of drug-likeness (QED) is 0.535. The minimum Gasteiger partial charge on any atom is -0.356 e. The Bertz CT molecular complexity index is 1010. The van der Waals surface area contributed by atoms with Gasteiger partial charge in [-0.2, -0.15) is 0 Å². The molecule has 1 atom stereocenters. The van der Waals surface area contributed by atoms with Crippen LogP contribution >= 0.6 is 15.9 Å². The predicted molar refractivity (Wildman–Crippen MR) is 102 cm³/mol. The molecule has 0 aliphatic carbocycles. The van der Waals surface area contributed by atoms with Gasteiger partial charge in [-0.25, -0.2) is 0 Å². The molecule has 0 amide bonds. The molecule has 0 unspecified atom stereocenters. The van der Waals surface area contributed by atoms with Gasteiger partial charge < -0.3 is 10.3 Å². The minimum atomic E-state index is -0.173. The number of benzene rings is 2. The van der Waals surface area contributed by atoms with Crippen molar-refractivity contribution >= 4 is 26.9 Å². The van der Waals surface area contributed by atoms with Crippen molar-refractivity contribution in [3.05, 3.63) is 82.6 Å². The van der Waals surface area contributed by atoms with Crippen molar-refractivity contribution in [3.8, 4) is 11.3 Å². The smallest absolute Gasteiger partial charge is 0.168 e. The zero-order valence-electron chi connectivity index (χ0n) is 13.4. The van der Waals surface area contributed by atoms with Crippen molar-refractivity contribution in [2.45, 2.75) is 12.5 Å². The van der Waals surface area contributed by atoms with E-state index in [2.05, 4.69) is 26.1 Å². The Morgan fingerprint density at radius 2 is 1.88 bits per heavy atom. The first-order valence-electron chi connectivity index (χ1n) is 8.02. The van der Waals surface area contributed by atoms with Crippen LogP contribution in [0.4, 0.5) is 0 Å². The molecule has 5 heteroatoms. The molecule has 4 aromatic rings. The van der Waals surface area contributed by atoms with E-state index in [1.54, 1.807) is 6.20 Å². The zero-order valence-corrected chi connectivity index (χ0v) is 15.0. The van der Waals surface area contributed by atoms with Crippen molar-refractivity contribution in [2.75, 3.05) is 0 Å². The molecule has 2 aromatic heterocycles. The first-order chi connectivity index (χ1) is 12.2. The van der Waals surface area contributed by atoms with Crippen LogP contribution in [0.15, 0.2) is 75.9 Å². The summed E-state index contributed by atoms with van der Waals surface area (Å²) in [6.45, 7) is 0. The van der Waals surface area contributed by atoms with Gasteiger partial charge in [0.1, 0.15) is 5.69 Å². The van der Waals surface area contributed by atoms with Gasteiger partial charge in [0.2, 0.25) is 0 Å². The SMILES string of the molecule is N[C@@H](Cc1ccccn1)c1ccccc1-c1noc2cc(Br)ccc12. The van der Waals surface area contributed by atoms with E-state index in [0.29, 0.717) is 6.42 Å². The van der Waals surface area contributed by atoms with Gasteiger partial charge in [-0.05, 0) is 35.9 Å². The van der Waals surface area contributed by atoms with Gasteiger partial charge in [0.15, 0.2) is 5.58 Å². The second kappa shape index (κ2) is 6.78. The van der Waals surface area contributed by atoms with E-state index in [1.165, 1.54) is 0 Å². The van der Waals surface area contributed by atoms with Gasteiger partial charge in [-0.3, -0.25) is 4.98 Å². The van der Waals surface area contributed by atoms with Crippen molar-refractivity contribution < 1.29 is 4.52 Å². The normalized spacial score (nSPS) is 12.4. The molecule has 4 nitrogen and oxygen atoms in total. The van der Waals surface area contributed by atoms with Gasteiger partial charge in [0.05, 0.1) is 0 Å². The van der Waals surface area contributed by atoms with Crippen LogP contribution in [0.1, 0.15) is 17.3 Å². The van der Waals surface area contributed by atoms with Gasteiger partial charge in [0, 0.05) is 39.8 Å². The fourth-order valence-electron chi connectivity index (χ4n) is 3.00. The molecule has 2 aromatic carbocycles. The van der Waals surface area contributed by atoms with Crippen molar-refractivity contribution in [2.24, 2.45) is 5.73 Å². The zero-order chi connectivity index (χ0) is 17.2. The van der Waals surface area contributed by atoms with Crippen molar-refractivity contribution in [1.29, 1.82) is 0 Å². The molecule has 124 valence electrons. The van der Waals surface area contributed by atoms with Crippen molar-refractivity contribution in [3.63, 3.8) is 0 Å². The molecule has 0 saturated carbocycles. The minimum absolute atomic E-state index is 0.173. The average Bonchev–Trinajstić information content (AvgIpc) is 3.05. The lowest BCUT2D eigenvalue weighted by molar-refractivity contribution is 0.459. The second-order valence-electron chi connectivity index (χ2n) is 5.89. The van der Waals surface area contributed by atoms with Gasteiger partial charge >= 0.3 is 0 Å². The topological polar surface area (TPSA) is 64.9 Å². The molecule has 0 radical (unpaired) electrons. The number of fused-ring (bicyclic) bond motifs is 1. The van der Waals surface area contributed by atoms with Crippen LogP contribution in [0.5, 0.6) is 0 Å². The Hall–Kier alpha value is -2.50. The maximum absolute atomic E-state index is 6.50. The standard InChI is InChI=1S/C20H16BrN3O/c21-13-8-9-17-19(11-13)25-24-20(17)16-7-2-1-6-15(16)18(22)12-14-5-3-4-10-23-14/h1-11,18H,12,22H2/t18-/m0/s1. The summed E-state index contributed by atoms with van der Waals surface area (Å²) in [6.07, 6.45) is 2.45. The highest BCUT2D eigenvalue weighted by molar-refractivity contribution is 9.10. The average molecular weight is 394 g/mol. The molecule has 0 fully saturated rings. The summed E-state index contributed by atoms with van der Waals surface area (Å²) >= 11 is 3.46. The van der Waals surface area contributed by atoms with Crippen LogP contribution in [0.3, 0.4) is 0 Å². The molecule has 2 N–H and O–H groups in total. The molecule has 2 heterocycles. The summed E-state index contributed by atoms with van der Waals surface area (Å²) in [5, 5.41) is 5.26. The van der Waals surface area contributed by atoms with Gasteiger partial charge in [-0.15, -0.1) is 0 Å². The highest BCUT2D eigenvalue weighted by atomic mass is 79.9. The Balaban J connectivity index is 1.76. The Labute approximate surface area is 153 Å². The number of hydrogen-bond acceptors (Lipinski definition) is 4. The third kappa shape index (κ3) is 3.21. The summed E-state index contributed by atoms with van der Waals surface area (Å²) in [6, 6.07) is 19.7. The predicted octanol–water partition coefficient (Wildman–Crippen LogP) is 4.89. The lowest BCUT2D eigenvalue weighted by Gasteiger charge is -2.15. The number of nitrogens with two attached hydrogens (primary N) is 1. The molecular weight excluding hydrogens is 378 g/mol. The van der Waals surface area contributed by atoms with Crippen LogP contribution in [0.2, 0.25) is 0 Å². The van der Waals surface area contributed by atoms with E-state index in [-0.39, 0.29) is 6.04 Å². The van der Waals surface area contributed by atoms with Crippen molar-refractivity contribution in [1.82, 2.24) is 10.1 Å². The first kappa shape index (κ1) is 16.0. The fraction of sp³-hybridized carbons (Fsp3) is 0.100. The van der Waals surface area contributed by atoms with Crippen LogP contribution in [-0.2, 0) is 6.42 Å². The first-order valence-corrected chi connectivity index (χ1v) is 8.81. The third-order valence-electron chi connectivity index (χ3n) is 4.20. The molecule has 4 rings (SSSR count). The number of halogens is 1. The van der Waals surface area contributed by atoms with E-state index in [1.807, 2.05) is 60.7 Å². The summed E-state index contributed by atoms with van der Waals surface area (Å²) < 4.78 is 6.47. The summed E-state index contributed by atoms with van der Waals surface area (Å²) in [4.78, 5) is 4.38. The molecule has 25 heavy (non-hydrogen) atoms. The number of rotatable bonds is 4. The number of aromatic nitrogens is 2. The number of pyridine rings is 1. The second-order valence-corrected chi connectivity index (χ2v) is 6.81. The molecule has 0 aliphatic heterocycles. The molecule has 0 aliphatic rings. The number of hydrogen-bond donors (Lipinski definition) is 1. The monoisotopic (exact) mass is 393 g/mol. The molecule has 0 spiro atoms. The highest BCUT2D eigenvalue weighted by Gasteiger charge is 2.18. The Morgan fingerprint density at radius 1 is 1.04 bits per heavy atom. The largest absolute Gasteiger partial charge is 0.356 e. The lowest BCUT2D eigenvalue weighted by atomic mass is 9.94. The van der Waals surface area contributed by atoms with E-state index >= 15 is 0 Å². The van der Waals surface area contributed by atoms with E-state index in [0.717, 1.165) is 38.0 Å². The Morgan fingerprint density at radius 3 is 2.72 bits per heavy atom. The van der Waals surface area contributed by atoms with Gasteiger partial charge in [-0.1, -0.05) is 51.4 Å². The van der Waals surface area contributed by atoms with Crippen LogP contribution in [0.25, 0.3) is 22.2 Å². The number of nitrogens with zero attached hydrogens (tertiary/aromatic N) is 2. The molecular formula is C20H16BrN3O. The molecule has 0 bridgehead atoms. The maximum atomic E-state index is 6.50. The molecule has 0 saturated heterocycles. The summed E-state index contributed by atoms with van der Waals surface area (Å²) in [7, 11) is 0. The summed E-state index contributed by atoms with van der Waals surface area (Å²) in [5.41, 5.74) is 11.1. The fourth-order valence-corrected chi connectivity index (χ4v) is 3.34. The Kier molecular flexibility index (Phi) is 4.34. The van der Waals surface area contributed by atoms with Crippen LogP contribution in [0, 0.1) is 0 Å². The highest BCUT2D eigenvalue weighted by Crippen LogP contribution is 2.34. The van der Waals surface area contributed by atoms with Crippen LogP contribution in [-0.4, -0.2) is 10.1 Å². The van der Waals surface area contributed by atoms with E-state index in [9.17, 15) is 0 Å². The van der Waals surface area contributed by atoms with Gasteiger partial charge in [0.25, 0.3) is 0 Å². The van der Waals surface area contributed by atoms with Crippen LogP contribution < -0.4 is 5.73 Å². The summed E-state index contributed by atoms with van der Waals surface area (Å²) in [5.74, 6) is 0. The third-order valence-corrected chi connectivity index (χ3v) is 4.70.